The monoisotopic (exact) mass is 319 g/mol. The molecule has 0 spiro atoms. The molecule has 0 saturated heterocycles. The van der Waals surface area contributed by atoms with Crippen LogP contribution in [0.1, 0.15) is 11.1 Å². The highest BCUT2D eigenvalue weighted by atomic mass is 127. The van der Waals surface area contributed by atoms with Crippen molar-refractivity contribution >= 4 is 22.6 Å². The van der Waals surface area contributed by atoms with Gasteiger partial charge >= 0.3 is 0 Å². The summed E-state index contributed by atoms with van der Waals surface area (Å²) >= 11 is 2.35. The highest BCUT2D eigenvalue weighted by Crippen LogP contribution is 2.20. The zero-order valence-electron chi connectivity index (χ0n) is 8.65. The molecule has 16 heavy (non-hydrogen) atoms. The van der Waals surface area contributed by atoms with E-state index in [2.05, 4.69) is 52.9 Å². The largest absolute Gasteiger partial charge is 0.192 e. The fraction of sp³-hybridized carbons (Fsp3) is 0.0714. The van der Waals surface area contributed by atoms with Crippen molar-refractivity contribution < 1.29 is 0 Å². The predicted octanol–water partition coefficient (Wildman–Crippen LogP) is 4.16. The Morgan fingerprint density at radius 2 is 1.38 bits per heavy atom. The lowest BCUT2D eigenvalue weighted by Crippen LogP contribution is -1.81. The molecule has 0 heterocycles. The molecule has 0 radical (unpaired) electrons. The van der Waals surface area contributed by atoms with Crippen molar-refractivity contribution in [1.29, 1.82) is 5.26 Å². The standard InChI is InChI=1S/C14H10IN/c15-9-11-1-5-13(6-2-11)14-7-3-12(10-16)4-8-14/h1-8H,9H2. The van der Waals surface area contributed by atoms with E-state index in [9.17, 15) is 0 Å². The van der Waals surface area contributed by atoms with Gasteiger partial charge in [-0.1, -0.05) is 59.0 Å². The third kappa shape index (κ3) is 2.42. The van der Waals surface area contributed by atoms with Crippen molar-refractivity contribution in [2.24, 2.45) is 0 Å². The molecule has 0 saturated carbocycles. The molecule has 2 rings (SSSR count). The smallest absolute Gasteiger partial charge is 0.0991 e. The molecule has 2 aromatic rings. The predicted molar refractivity (Wildman–Crippen MR) is 74.3 cm³/mol. The molecule has 2 aromatic carbocycles. The number of nitrogens with zero attached hydrogens (tertiary/aromatic N) is 1. The highest BCUT2D eigenvalue weighted by molar-refractivity contribution is 14.1. The lowest BCUT2D eigenvalue weighted by Gasteiger charge is -2.02. The SMILES string of the molecule is N#Cc1ccc(-c2ccc(CI)cc2)cc1. The summed E-state index contributed by atoms with van der Waals surface area (Å²) in [6.45, 7) is 0. The molecular weight excluding hydrogens is 309 g/mol. The van der Waals surface area contributed by atoms with Crippen molar-refractivity contribution in [3.63, 3.8) is 0 Å². The molecule has 0 aliphatic heterocycles. The Kier molecular flexibility index (Phi) is 3.58. The van der Waals surface area contributed by atoms with Gasteiger partial charge in [-0.3, -0.25) is 0 Å². The Morgan fingerprint density at radius 3 is 1.81 bits per heavy atom. The molecule has 0 aliphatic rings. The topological polar surface area (TPSA) is 23.8 Å². The van der Waals surface area contributed by atoms with Gasteiger partial charge in [0.25, 0.3) is 0 Å². The number of benzene rings is 2. The van der Waals surface area contributed by atoms with Gasteiger partial charge in [0.2, 0.25) is 0 Å². The van der Waals surface area contributed by atoms with Crippen LogP contribution in [0.3, 0.4) is 0 Å². The molecule has 0 atom stereocenters. The second kappa shape index (κ2) is 5.13. The first-order valence-electron chi connectivity index (χ1n) is 4.99. The summed E-state index contributed by atoms with van der Waals surface area (Å²) in [5.41, 5.74) is 4.38. The summed E-state index contributed by atoms with van der Waals surface area (Å²) < 4.78 is 1.03. The molecule has 78 valence electrons. The Balaban J connectivity index is 2.32. The third-order valence-electron chi connectivity index (χ3n) is 2.46. The van der Waals surface area contributed by atoms with Crippen molar-refractivity contribution in [2.75, 3.05) is 0 Å². The average Bonchev–Trinajstić information content (AvgIpc) is 2.39. The number of halogens is 1. The van der Waals surface area contributed by atoms with E-state index >= 15 is 0 Å². The number of nitriles is 1. The Labute approximate surface area is 109 Å². The maximum Gasteiger partial charge on any atom is 0.0991 e. The average molecular weight is 319 g/mol. The van der Waals surface area contributed by atoms with Gasteiger partial charge in [0.05, 0.1) is 11.6 Å². The van der Waals surface area contributed by atoms with Crippen LogP contribution in [0.5, 0.6) is 0 Å². The minimum absolute atomic E-state index is 0.702. The molecular formula is C14H10IN. The van der Waals surface area contributed by atoms with E-state index < -0.39 is 0 Å². The Hall–Kier alpha value is -1.34. The zero-order chi connectivity index (χ0) is 11.4. The second-order valence-corrected chi connectivity index (χ2v) is 4.28. The van der Waals surface area contributed by atoms with Gasteiger partial charge in [-0.15, -0.1) is 0 Å². The number of hydrogen-bond donors (Lipinski definition) is 0. The normalized spacial score (nSPS) is 9.75. The van der Waals surface area contributed by atoms with E-state index in [-0.39, 0.29) is 0 Å². The van der Waals surface area contributed by atoms with Crippen LogP contribution in [-0.2, 0) is 4.43 Å². The molecule has 0 fully saturated rings. The van der Waals surface area contributed by atoms with Crippen LogP contribution in [0.15, 0.2) is 48.5 Å². The van der Waals surface area contributed by atoms with Gasteiger partial charge in [0.1, 0.15) is 0 Å². The second-order valence-electron chi connectivity index (χ2n) is 3.52. The van der Waals surface area contributed by atoms with Crippen molar-refractivity contribution in [2.45, 2.75) is 4.43 Å². The van der Waals surface area contributed by atoms with Gasteiger partial charge < -0.3 is 0 Å². The van der Waals surface area contributed by atoms with Gasteiger partial charge in [-0.05, 0) is 28.8 Å². The van der Waals surface area contributed by atoms with Crippen LogP contribution in [0.25, 0.3) is 11.1 Å². The van der Waals surface area contributed by atoms with Crippen LogP contribution in [0.4, 0.5) is 0 Å². The van der Waals surface area contributed by atoms with Crippen LogP contribution in [0.2, 0.25) is 0 Å². The summed E-state index contributed by atoms with van der Waals surface area (Å²) in [6, 6.07) is 18.3. The van der Waals surface area contributed by atoms with Crippen LogP contribution in [0, 0.1) is 11.3 Å². The molecule has 0 bridgehead atoms. The van der Waals surface area contributed by atoms with Crippen molar-refractivity contribution in [1.82, 2.24) is 0 Å². The number of hydrogen-bond acceptors (Lipinski definition) is 1. The van der Waals surface area contributed by atoms with Crippen molar-refractivity contribution in [3.05, 3.63) is 59.7 Å². The number of alkyl halides is 1. The van der Waals surface area contributed by atoms with E-state index in [1.54, 1.807) is 0 Å². The molecule has 1 nitrogen and oxygen atoms in total. The van der Waals surface area contributed by atoms with Gasteiger partial charge in [-0.2, -0.15) is 5.26 Å². The Morgan fingerprint density at radius 1 is 0.875 bits per heavy atom. The minimum atomic E-state index is 0.702. The summed E-state index contributed by atoms with van der Waals surface area (Å²) in [7, 11) is 0. The molecule has 0 aliphatic carbocycles. The fourth-order valence-electron chi connectivity index (χ4n) is 1.52. The first-order valence-corrected chi connectivity index (χ1v) is 6.51. The summed E-state index contributed by atoms with van der Waals surface area (Å²) in [4.78, 5) is 0. The van der Waals surface area contributed by atoms with Crippen molar-refractivity contribution in [3.8, 4) is 17.2 Å². The van der Waals surface area contributed by atoms with Gasteiger partial charge in [-0.25, -0.2) is 0 Å². The molecule has 0 aromatic heterocycles. The summed E-state index contributed by atoms with van der Waals surface area (Å²) in [5, 5.41) is 8.72. The first-order chi connectivity index (χ1) is 7.83. The number of rotatable bonds is 2. The van der Waals surface area contributed by atoms with Crippen LogP contribution >= 0.6 is 22.6 Å². The molecule has 2 heteroatoms. The molecule has 0 amide bonds. The molecule has 0 unspecified atom stereocenters. The third-order valence-corrected chi connectivity index (χ3v) is 3.34. The summed E-state index contributed by atoms with van der Waals surface area (Å²) in [6.07, 6.45) is 0. The van der Waals surface area contributed by atoms with E-state index in [1.807, 2.05) is 24.3 Å². The minimum Gasteiger partial charge on any atom is -0.192 e. The lowest BCUT2D eigenvalue weighted by atomic mass is 10.0. The quantitative estimate of drug-likeness (QED) is 0.602. The van der Waals surface area contributed by atoms with Crippen LogP contribution < -0.4 is 0 Å². The zero-order valence-corrected chi connectivity index (χ0v) is 10.8. The Bertz CT molecular complexity index is 506. The van der Waals surface area contributed by atoms with Gasteiger partial charge in [0.15, 0.2) is 0 Å². The molecule has 0 N–H and O–H groups in total. The van der Waals surface area contributed by atoms with Crippen LogP contribution in [-0.4, -0.2) is 0 Å². The fourth-order valence-corrected chi connectivity index (χ4v) is 2.03. The maximum atomic E-state index is 8.72. The van der Waals surface area contributed by atoms with E-state index in [4.69, 9.17) is 5.26 Å². The lowest BCUT2D eigenvalue weighted by molar-refractivity contribution is 1.45. The van der Waals surface area contributed by atoms with E-state index in [0.29, 0.717) is 5.56 Å². The van der Waals surface area contributed by atoms with E-state index in [0.717, 1.165) is 9.99 Å². The maximum absolute atomic E-state index is 8.72. The highest BCUT2D eigenvalue weighted by Gasteiger charge is 1.98. The van der Waals surface area contributed by atoms with Gasteiger partial charge in [0, 0.05) is 4.43 Å². The first kappa shape index (κ1) is 11.2. The summed E-state index contributed by atoms with van der Waals surface area (Å²) in [5.74, 6) is 0. The van der Waals surface area contributed by atoms with E-state index in [1.165, 1.54) is 11.1 Å².